The average Bonchev–Trinajstić information content (AvgIpc) is 2.86. The first kappa shape index (κ1) is 23.5. The fraction of sp³-hybridized carbons (Fsp3) is 0.364. The van der Waals surface area contributed by atoms with Crippen molar-refractivity contribution in [1.29, 1.82) is 0 Å². The van der Waals surface area contributed by atoms with Crippen molar-refractivity contribution >= 4 is 45.0 Å². The van der Waals surface area contributed by atoms with Gasteiger partial charge in [-0.1, -0.05) is 0 Å². The summed E-state index contributed by atoms with van der Waals surface area (Å²) in [5.41, 5.74) is 5.97. The Morgan fingerprint density at radius 3 is 2.31 bits per heavy atom. The normalized spacial score (nSPS) is 14.0. The molecule has 140 valence electrons. The molecular formula is C22H28Cl2OTi. The van der Waals surface area contributed by atoms with Crippen LogP contribution in [0.3, 0.4) is 0 Å². The molecule has 1 aliphatic carbocycles. The summed E-state index contributed by atoms with van der Waals surface area (Å²) in [6, 6.07) is 13.3. The second kappa shape index (κ2) is 9.58. The van der Waals surface area contributed by atoms with E-state index in [9.17, 15) is 0 Å². The summed E-state index contributed by atoms with van der Waals surface area (Å²) < 4.78 is 7.69. The van der Waals surface area contributed by atoms with E-state index in [-0.39, 0.29) is 30.2 Å². The summed E-state index contributed by atoms with van der Waals surface area (Å²) in [4.78, 5) is 0. The smallest absolute Gasteiger partial charge is 0.147 e. The second-order valence-electron chi connectivity index (χ2n) is 7.86. The molecule has 4 heteroatoms. The zero-order valence-electron chi connectivity index (χ0n) is 16.2. The summed E-state index contributed by atoms with van der Waals surface area (Å²) in [5.74, 6) is 0. The van der Waals surface area contributed by atoms with Crippen LogP contribution < -0.4 is 3.87 Å². The summed E-state index contributed by atoms with van der Waals surface area (Å²) in [6.07, 6.45) is 3.40. The molecule has 0 amide bonds. The maximum Gasteiger partial charge on any atom is -0.147 e. The van der Waals surface area contributed by atoms with E-state index in [0.29, 0.717) is 0 Å². The van der Waals surface area contributed by atoms with Crippen molar-refractivity contribution in [3.05, 3.63) is 59.2 Å². The van der Waals surface area contributed by atoms with Crippen molar-refractivity contribution in [2.45, 2.75) is 41.0 Å². The molecule has 0 atom stereocenters. The molecule has 0 saturated heterocycles. The molecule has 1 nitrogen and oxygen atoms in total. The average molecular weight is 427 g/mol. The Balaban J connectivity index is 0.00000169. The SMILES string of the molecule is CC1=CCC(c2ccc3ccccc3[c]2[Ti][O]CC(C)(C)C)=C1C.Cl.Cl. The molecule has 1 aliphatic rings. The van der Waals surface area contributed by atoms with E-state index in [1.807, 2.05) is 0 Å². The Hall–Kier alpha value is -0.566. The zero-order valence-corrected chi connectivity index (χ0v) is 19.4. The Bertz CT molecular complexity index is 832. The van der Waals surface area contributed by atoms with Crippen LogP contribution in [-0.2, 0) is 22.9 Å². The standard InChI is InChI=1S/C17H15.C5H11O.2ClH.Ti/c1-12-7-10-17(13(12)2)16-9-8-14-5-3-4-6-15(14)11-16;1-5(2,3)4-6;;;/h3-9H,10H2,1-2H3;4H2,1-3H3;2*1H;/q;-1;;;+1. The number of halogens is 2. The van der Waals surface area contributed by atoms with Crippen LogP contribution in [0.1, 0.15) is 46.6 Å². The molecule has 0 heterocycles. The molecule has 0 aliphatic heterocycles. The van der Waals surface area contributed by atoms with Crippen LogP contribution in [0.2, 0.25) is 0 Å². The summed E-state index contributed by atoms with van der Waals surface area (Å²) in [6.45, 7) is 12.0. The molecule has 0 radical (unpaired) electrons. The molecule has 0 spiro atoms. The first-order chi connectivity index (χ1) is 11.4. The quantitative estimate of drug-likeness (QED) is 0.507. The van der Waals surface area contributed by atoms with Gasteiger partial charge in [0.15, 0.2) is 0 Å². The molecule has 0 fully saturated rings. The summed E-state index contributed by atoms with van der Waals surface area (Å²) in [7, 11) is 0. The van der Waals surface area contributed by atoms with E-state index >= 15 is 0 Å². The molecular weight excluding hydrogens is 399 g/mol. The second-order valence-corrected chi connectivity index (χ2v) is 9.41. The fourth-order valence-electron chi connectivity index (χ4n) is 3.07. The number of fused-ring (bicyclic) bond motifs is 1. The third-order valence-corrected chi connectivity index (χ3v) is 6.20. The Morgan fingerprint density at radius 1 is 1.00 bits per heavy atom. The first-order valence-corrected chi connectivity index (χ1v) is 10.1. The Morgan fingerprint density at radius 2 is 1.69 bits per heavy atom. The molecule has 0 bridgehead atoms. The van der Waals surface area contributed by atoms with Crippen LogP contribution in [0.15, 0.2) is 53.6 Å². The van der Waals surface area contributed by atoms with E-state index in [0.717, 1.165) is 13.0 Å². The molecule has 2 aromatic rings. The minimum Gasteiger partial charge on any atom is -0.147 e. The van der Waals surface area contributed by atoms with Crippen molar-refractivity contribution in [2.24, 2.45) is 5.41 Å². The van der Waals surface area contributed by atoms with Gasteiger partial charge in [0.05, 0.1) is 0 Å². The van der Waals surface area contributed by atoms with E-state index in [1.165, 1.54) is 36.9 Å². The van der Waals surface area contributed by atoms with Crippen LogP contribution in [0.25, 0.3) is 16.3 Å². The third-order valence-electron chi connectivity index (χ3n) is 4.59. The molecule has 3 rings (SSSR count). The number of allylic oxidation sites excluding steroid dienone is 4. The number of hydrogen-bond donors (Lipinski definition) is 0. The Labute approximate surface area is 179 Å². The number of hydrogen-bond acceptors (Lipinski definition) is 1. The van der Waals surface area contributed by atoms with E-state index in [4.69, 9.17) is 3.32 Å². The van der Waals surface area contributed by atoms with Gasteiger partial charge >= 0.3 is 155 Å². The fourth-order valence-corrected chi connectivity index (χ4v) is 5.15. The van der Waals surface area contributed by atoms with Crippen molar-refractivity contribution in [3.8, 4) is 0 Å². The van der Waals surface area contributed by atoms with Crippen molar-refractivity contribution in [1.82, 2.24) is 0 Å². The van der Waals surface area contributed by atoms with Gasteiger partial charge in [-0.25, -0.2) is 0 Å². The largest absolute Gasteiger partial charge is 0.147 e. The van der Waals surface area contributed by atoms with Crippen LogP contribution >= 0.6 is 24.8 Å². The predicted octanol–water partition coefficient (Wildman–Crippen LogP) is 6.49. The van der Waals surface area contributed by atoms with E-state index < -0.39 is 19.5 Å². The van der Waals surface area contributed by atoms with Gasteiger partial charge < -0.3 is 0 Å². The van der Waals surface area contributed by atoms with Gasteiger partial charge in [0, 0.05) is 0 Å². The Kier molecular flexibility index (Phi) is 8.65. The van der Waals surface area contributed by atoms with Crippen LogP contribution in [-0.4, -0.2) is 6.61 Å². The molecule has 26 heavy (non-hydrogen) atoms. The van der Waals surface area contributed by atoms with Crippen LogP contribution in [0.4, 0.5) is 0 Å². The van der Waals surface area contributed by atoms with Crippen molar-refractivity contribution in [2.75, 3.05) is 6.61 Å². The number of benzene rings is 2. The number of rotatable bonds is 4. The van der Waals surface area contributed by atoms with Crippen molar-refractivity contribution in [3.63, 3.8) is 0 Å². The van der Waals surface area contributed by atoms with E-state index in [1.54, 1.807) is 0 Å². The van der Waals surface area contributed by atoms with Crippen LogP contribution in [0, 0.1) is 5.41 Å². The topological polar surface area (TPSA) is 9.23 Å². The van der Waals surface area contributed by atoms with Gasteiger partial charge in [-0.3, -0.25) is 0 Å². The first-order valence-electron chi connectivity index (χ1n) is 8.63. The van der Waals surface area contributed by atoms with Gasteiger partial charge in [-0.15, -0.1) is 24.8 Å². The van der Waals surface area contributed by atoms with E-state index in [2.05, 4.69) is 77.1 Å². The van der Waals surface area contributed by atoms with Gasteiger partial charge in [0.1, 0.15) is 0 Å². The molecule has 0 unspecified atom stereocenters. The van der Waals surface area contributed by atoms with Crippen molar-refractivity contribution < 1.29 is 22.9 Å². The van der Waals surface area contributed by atoms with Gasteiger partial charge in [0.25, 0.3) is 0 Å². The summed E-state index contributed by atoms with van der Waals surface area (Å²) >= 11 is -0.628. The van der Waals surface area contributed by atoms with Gasteiger partial charge in [0.2, 0.25) is 0 Å². The molecule has 0 saturated carbocycles. The maximum atomic E-state index is 6.24. The zero-order chi connectivity index (χ0) is 17.3. The minimum atomic E-state index is -0.628. The molecule has 0 aromatic heterocycles. The minimum absolute atomic E-state index is 0. The third kappa shape index (κ3) is 5.24. The predicted molar refractivity (Wildman–Crippen MR) is 114 cm³/mol. The van der Waals surface area contributed by atoms with Gasteiger partial charge in [-0.2, -0.15) is 0 Å². The maximum absolute atomic E-state index is 6.24. The summed E-state index contributed by atoms with van der Waals surface area (Å²) in [5, 5.41) is 2.69. The molecule has 0 N–H and O–H groups in total. The van der Waals surface area contributed by atoms with Gasteiger partial charge in [-0.05, 0) is 0 Å². The van der Waals surface area contributed by atoms with Crippen LogP contribution in [0.5, 0.6) is 0 Å². The molecule has 2 aromatic carbocycles. The monoisotopic (exact) mass is 426 g/mol.